The average molecular weight is 711 g/mol. The summed E-state index contributed by atoms with van der Waals surface area (Å²) in [7, 11) is 0. The van der Waals surface area contributed by atoms with Crippen LogP contribution in [0.25, 0.3) is 22.5 Å². The van der Waals surface area contributed by atoms with Crippen LogP contribution in [0.15, 0.2) is 66.7 Å². The molecule has 0 saturated heterocycles. The van der Waals surface area contributed by atoms with Gasteiger partial charge in [0.25, 0.3) is 0 Å². The first-order valence-electron chi connectivity index (χ1n) is 18.2. The van der Waals surface area contributed by atoms with Gasteiger partial charge in [-0.3, -0.25) is 14.4 Å². The summed E-state index contributed by atoms with van der Waals surface area (Å²) in [5.74, 6) is 0.232. The van der Waals surface area contributed by atoms with Gasteiger partial charge in [-0.15, -0.1) is 10.2 Å². The topological polar surface area (TPSA) is 182 Å². The fourth-order valence-electron chi connectivity index (χ4n) is 6.74. The Morgan fingerprint density at radius 3 is 2.42 bits per heavy atom. The van der Waals surface area contributed by atoms with Crippen molar-refractivity contribution in [3.05, 3.63) is 83.4 Å². The first kappa shape index (κ1) is 38.6. The van der Waals surface area contributed by atoms with Gasteiger partial charge in [0, 0.05) is 48.1 Å². The highest BCUT2D eigenvalue weighted by Gasteiger charge is 2.30. The molecule has 1 amide bonds. The van der Waals surface area contributed by atoms with Gasteiger partial charge >= 0.3 is 0 Å². The van der Waals surface area contributed by atoms with Crippen molar-refractivity contribution in [3.8, 4) is 22.5 Å². The van der Waals surface area contributed by atoms with E-state index in [1.54, 1.807) is 12.1 Å². The number of nitrogens with zero attached hydrogens (tertiary/aromatic N) is 3. The highest BCUT2D eigenvalue weighted by Crippen LogP contribution is 2.32. The molecule has 0 aliphatic heterocycles. The van der Waals surface area contributed by atoms with Gasteiger partial charge in [0.1, 0.15) is 5.78 Å². The van der Waals surface area contributed by atoms with Crippen molar-refractivity contribution >= 4 is 23.2 Å². The number of nitrogens with one attached hydrogen (secondary N) is 2. The molecule has 5 N–H and O–H groups in total. The van der Waals surface area contributed by atoms with E-state index in [0.29, 0.717) is 68.6 Å². The third-order valence-corrected chi connectivity index (χ3v) is 9.79. The summed E-state index contributed by atoms with van der Waals surface area (Å²) in [6.45, 7) is 4.20. The van der Waals surface area contributed by atoms with E-state index in [2.05, 4.69) is 32.0 Å². The number of ether oxygens (including phenoxy) is 2. The Labute approximate surface area is 304 Å². The minimum absolute atomic E-state index is 0.0197. The zero-order valence-corrected chi connectivity index (χ0v) is 29.9. The summed E-state index contributed by atoms with van der Waals surface area (Å²) in [5, 5.41) is 25.9. The standard InChI is InChI=1S/C40H50N6O6/c1-27-7-10-33(37(48)6-3-18-51-20-21-52-19-17-47)24-36(27)32-5-2-4-29(22-32)23-34(25-38(49)30-11-8-28(26-41)9-12-30)40(50)42-35-15-13-31(14-16-35)39-43-45-46-44-39/h2,4-5,7,10,13-16,22,24,28,30,34,47H,3,6,8-9,11-12,17-21,23,25-26,41H2,1H3,(H,42,50)(H,43,44,45,46)/t28?,30?,34-/m1/s1. The summed E-state index contributed by atoms with van der Waals surface area (Å²) in [6, 6.07) is 21.0. The number of amides is 1. The number of anilines is 1. The Morgan fingerprint density at radius 1 is 0.942 bits per heavy atom. The third-order valence-electron chi connectivity index (χ3n) is 9.79. The van der Waals surface area contributed by atoms with Crippen molar-refractivity contribution in [2.24, 2.45) is 23.5 Å². The minimum atomic E-state index is -0.579. The van der Waals surface area contributed by atoms with Crippen LogP contribution in [0.1, 0.15) is 66.4 Å². The third kappa shape index (κ3) is 11.2. The van der Waals surface area contributed by atoms with Gasteiger partial charge in [-0.2, -0.15) is 5.21 Å². The molecule has 0 unspecified atom stereocenters. The molecule has 1 aromatic heterocycles. The van der Waals surface area contributed by atoms with Crippen molar-refractivity contribution in [1.29, 1.82) is 0 Å². The molecule has 1 atom stereocenters. The fourth-order valence-corrected chi connectivity index (χ4v) is 6.74. The maximum absolute atomic E-state index is 13.9. The highest BCUT2D eigenvalue weighted by atomic mass is 16.5. The number of aliphatic hydroxyl groups excluding tert-OH is 1. The van der Waals surface area contributed by atoms with Crippen LogP contribution < -0.4 is 11.1 Å². The van der Waals surface area contributed by atoms with Gasteiger partial charge in [-0.1, -0.05) is 36.4 Å². The molecule has 3 aromatic carbocycles. The largest absolute Gasteiger partial charge is 0.394 e. The smallest absolute Gasteiger partial charge is 0.228 e. The quantitative estimate of drug-likeness (QED) is 0.0689. The fraction of sp³-hybridized carbons (Fsp3) is 0.450. The lowest BCUT2D eigenvalue weighted by atomic mass is 9.77. The predicted octanol–water partition coefficient (Wildman–Crippen LogP) is 5.35. The van der Waals surface area contributed by atoms with Crippen LogP contribution in [0.4, 0.5) is 5.69 Å². The normalized spacial score (nSPS) is 16.4. The molecule has 1 aliphatic carbocycles. The van der Waals surface area contributed by atoms with Crippen molar-refractivity contribution < 1.29 is 29.0 Å². The summed E-state index contributed by atoms with van der Waals surface area (Å²) in [5.41, 5.74) is 11.7. The number of H-pyrrole nitrogens is 1. The number of hydrogen-bond acceptors (Lipinski definition) is 10. The van der Waals surface area contributed by atoms with E-state index in [4.69, 9.17) is 20.3 Å². The molecule has 0 radical (unpaired) electrons. The van der Waals surface area contributed by atoms with Gasteiger partial charge < -0.3 is 25.6 Å². The summed E-state index contributed by atoms with van der Waals surface area (Å²) in [4.78, 5) is 40.6. The number of rotatable bonds is 20. The monoisotopic (exact) mass is 710 g/mol. The molecule has 12 nitrogen and oxygen atoms in total. The van der Waals surface area contributed by atoms with Gasteiger partial charge in [0.05, 0.1) is 26.4 Å². The van der Waals surface area contributed by atoms with E-state index in [1.807, 2.05) is 55.5 Å². The Bertz CT molecular complexity index is 1740. The number of ketones is 2. The van der Waals surface area contributed by atoms with E-state index < -0.39 is 5.92 Å². The summed E-state index contributed by atoms with van der Waals surface area (Å²) >= 11 is 0. The summed E-state index contributed by atoms with van der Waals surface area (Å²) in [6.07, 6.45) is 4.98. The lowest BCUT2D eigenvalue weighted by Gasteiger charge is -2.27. The average Bonchev–Trinajstić information content (AvgIpc) is 3.71. The van der Waals surface area contributed by atoms with Crippen LogP contribution in [0.2, 0.25) is 0 Å². The van der Waals surface area contributed by atoms with Crippen LogP contribution >= 0.6 is 0 Å². The Balaban J connectivity index is 1.27. The maximum atomic E-state index is 13.9. The number of aryl methyl sites for hydroxylation is 1. The first-order valence-corrected chi connectivity index (χ1v) is 18.2. The second-order valence-electron chi connectivity index (χ2n) is 13.5. The van der Waals surface area contributed by atoms with Crippen LogP contribution in [0.3, 0.4) is 0 Å². The molecule has 1 aliphatic rings. The second-order valence-corrected chi connectivity index (χ2v) is 13.5. The van der Waals surface area contributed by atoms with E-state index in [9.17, 15) is 14.4 Å². The van der Waals surface area contributed by atoms with E-state index in [0.717, 1.165) is 53.5 Å². The number of tetrazole rings is 1. The molecular weight excluding hydrogens is 660 g/mol. The van der Waals surface area contributed by atoms with E-state index >= 15 is 0 Å². The molecule has 0 spiro atoms. The lowest BCUT2D eigenvalue weighted by molar-refractivity contribution is -0.129. The first-order chi connectivity index (χ1) is 25.3. The zero-order chi connectivity index (χ0) is 36.7. The number of nitrogens with two attached hydrogens (primary N) is 1. The van der Waals surface area contributed by atoms with Gasteiger partial charge in [-0.25, -0.2) is 0 Å². The number of hydrogen-bond donors (Lipinski definition) is 4. The van der Waals surface area contributed by atoms with Crippen LogP contribution in [0, 0.1) is 24.7 Å². The number of benzene rings is 3. The van der Waals surface area contributed by atoms with Gasteiger partial charge in [0.15, 0.2) is 5.78 Å². The van der Waals surface area contributed by atoms with Crippen molar-refractivity contribution in [2.45, 2.75) is 58.3 Å². The molecule has 0 bridgehead atoms. The molecular formula is C40H50N6O6. The van der Waals surface area contributed by atoms with Crippen LogP contribution in [-0.2, 0) is 25.5 Å². The number of carbonyl (C=O) groups excluding carboxylic acids is 3. The zero-order valence-electron chi connectivity index (χ0n) is 29.9. The Kier molecular flexibility index (Phi) is 14.7. The molecule has 1 saturated carbocycles. The van der Waals surface area contributed by atoms with Gasteiger partial charge in [0.2, 0.25) is 11.7 Å². The Hall–Kier alpha value is -4.62. The summed E-state index contributed by atoms with van der Waals surface area (Å²) < 4.78 is 10.7. The molecule has 276 valence electrons. The van der Waals surface area contributed by atoms with Crippen LogP contribution in [0.5, 0.6) is 0 Å². The predicted molar refractivity (Wildman–Crippen MR) is 198 cm³/mol. The number of carbonyl (C=O) groups is 3. The molecule has 1 heterocycles. The second kappa shape index (κ2) is 19.8. The van der Waals surface area contributed by atoms with Gasteiger partial charge in [-0.05, 0) is 116 Å². The van der Waals surface area contributed by atoms with Crippen LogP contribution in [-0.4, -0.2) is 82.8 Å². The molecule has 12 heteroatoms. The molecule has 1 fully saturated rings. The molecule has 52 heavy (non-hydrogen) atoms. The number of aliphatic hydroxyl groups is 1. The maximum Gasteiger partial charge on any atom is 0.228 e. The van der Waals surface area contributed by atoms with Crippen molar-refractivity contribution in [2.75, 3.05) is 44.9 Å². The van der Waals surface area contributed by atoms with E-state index in [-0.39, 0.29) is 43.0 Å². The van der Waals surface area contributed by atoms with E-state index in [1.165, 1.54) is 0 Å². The number of aromatic nitrogens is 4. The highest BCUT2D eigenvalue weighted by molar-refractivity contribution is 5.98. The van der Waals surface area contributed by atoms with Crippen molar-refractivity contribution in [3.63, 3.8) is 0 Å². The molecule has 4 aromatic rings. The number of aromatic amines is 1. The SMILES string of the molecule is Cc1ccc(C(=O)CCCOCCOCCO)cc1-c1cccc(C[C@H](CC(=O)C2CCC(CN)CC2)C(=O)Nc2ccc(-c3nn[nH]n3)cc2)c1. The minimum Gasteiger partial charge on any atom is -0.394 e. The molecule has 5 rings (SSSR count). The number of Topliss-reactive ketones (excluding diaryl/α,β-unsaturated/α-hetero) is 2. The Morgan fingerprint density at radius 2 is 1.71 bits per heavy atom. The lowest BCUT2D eigenvalue weighted by Crippen LogP contribution is -2.31. The van der Waals surface area contributed by atoms with Crippen molar-refractivity contribution in [1.82, 2.24) is 20.6 Å².